The van der Waals surface area contributed by atoms with Crippen LogP contribution in [0.3, 0.4) is 0 Å². The van der Waals surface area contributed by atoms with Gasteiger partial charge in [-0.15, -0.1) is 0 Å². The fraction of sp³-hybridized carbons (Fsp3) is 0.105. The van der Waals surface area contributed by atoms with E-state index >= 15 is 0 Å². The molecule has 0 spiro atoms. The molecule has 7 N–H and O–H groups in total. The molecule has 0 aliphatic rings. The third kappa shape index (κ3) is 3.79. The summed E-state index contributed by atoms with van der Waals surface area (Å²) in [6, 6.07) is 17.6. The molecule has 0 saturated heterocycles. The van der Waals surface area contributed by atoms with Crippen LogP contribution in [-0.2, 0) is 6.61 Å². The van der Waals surface area contributed by atoms with E-state index < -0.39 is 0 Å². The first-order valence-electron chi connectivity index (χ1n) is 7.99. The van der Waals surface area contributed by atoms with Gasteiger partial charge in [-0.2, -0.15) is 0 Å². The molecule has 3 rings (SSSR count). The molecule has 0 saturated carbocycles. The molecule has 0 amide bonds. The molecule has 0 radical (unpaired) electrons. The summed E-state index contributed by atoms with van der Waals surface area (Å²) in [5.41, 5.74) is 17.6. The monoisotopic (exact) mass is 351 g/mol. The average molecular weight is 351 g/mol. The first-order chi connectivity index (χ1) is 12.6. The number of hydrogen-bond donors (Lipinski definition) is 4. The average Bonchev–Trinajstić information content (AvgIpc) is 2.69. The number of aromatic nitrogens is 1. The number of ether oxygens (including phenoxy) is 2. The van der Waals surface area contributed by atoms with E-state index in [1.807, 2.05) is 48.5 Å². The molecule has 0 aliphatic carbocycles. The summed E-state index contributed by atoms with van der Waals surface area (Å²) in [6.07, 6.45) is 0. The highest BCUT2D eigenvalue weighted by atomic mass is 16.5. The van der Waals surface area contributed by atoms with Crippen LogP contribution < -0.4 is 32.2 Å². The maximum atomic E-state index is 5.95. The van der Waals surface area contributed by atoms with E-state index in [0.29, 0.717) is 18.0 Å². The fourth-order valence-electron chi connectivity index (χ4n) is 2.52. The Morgan fingerprint density at radius 2 is 1.58 bits per heavy atom. The molecule has 7 nitrogen and oxygen atoms in total. The number of methoxy groups -OCH3 is 1. The highest BCUT2D eigenvalue weighted by molar-refractivity contribution is 5.71. The predicted molar refractivity (Wildman–Crippen MR) is 104 cm³/mol. The standard InChI is InChI=1S/C19H21N5O2/c1-25-15-8-6-14(7-9-15)13-4-2-12(3-5-13)11-26-16-10-17(20)23-19(24-22)18(16)21/h2-10H,11,21-22H2,1H3,(H3,20,23,24). The lowest BCUT2D eigenvalue weighted by atomic mass is 10.0. The molecule has 26 heavy (non-hydrogen) atoms. The van der Waals surface area contributed by atoms with E-state index in [9.17, 15) is 0 Å². The van der Waals surface area contributed by atoms with Crippen LogP contribution in [0.15, 0.2) is 54.6 Å². The lowest BCUT2D eigenvalue weighted by Gasteiger charge is -2.13. The van der Waals surface area contributed by atoms with Gasteiger partial charge in [-0.3, -0.25) is 0 Å². The third-order valence-corrected chi connectivity index (χ3v) is 3.95. The molecular formula is C19H21N5O2. The van der Waals surface area contributed by atoms with E-state index in [-0.39, 0.29) is 11.6 Å². The van der Waals surface area contributed by atoms with Gasteiger partial charge in [-0.05, 0) is 28.8 Å². The number of benzene rings is 2. The van der Waals surface area contributed by atoms with Crippen molar-refractivity contribution in [2.45, 2.75) is 6.61 Å². The molecule has 2 aromatic carbocycles. The summed E-state index contributed by atoms with van der Waals surface area (Å²) in [6.45, 7) is 0.348. The van der Waals surface area contributed by atoms with E-state index in [2.05, 4.69) is 10.4 Å². The van der Waals surface area contributed by atoms with Crippen LogP contribution in [0.4, 0.5) is 17.3 Å². The number of nitrogens with two attached hydrogens (primary N) is 3. The minimum absolute atomic E-state index is 0.275. The minimum atomic E-state index is 0.275. The predicted octanol–water partition coefficient (Wildman–Crippen LogP) is 2.79. The number of nitrogens with zero attached hydrogens (tertiary/aromatic N) is 1. The second kappa shape index (κ2) is 7.62. The summed E-state index contributed by atoms with van der Waals surface area (Å²) in [7, 11) is 1.65. The van der Waals surface area contributed by atoms with Gasteiger partial charge in [0.25, 0.3) is 0 Å². The Bertz CT molecular complexity index is 880. The number of anilines is 3. The van der Waals surface area contributed by atoms with Crippen LogP contribution in [0.25, 0.3) is 11.1 Å². The van der Waals surface area contributed by atoms with Gasteiger partial charge in [0, 0.05) is 6.07 Å². The Hall–Kier alpha value is -3.45. The Morgan fingerprint density at radius 1 is 0.962 bits per heavy atom. The summed E-state index contributed by atoms with van der Waals surface area (Å²) in [4.78, 5) is 3.99. The fourth-order valence-corrected chi connectivity index (χ4v) is 2.52. The van der Waals surface area contributed by atoms with Crippen molar-refractivity contribution in [2.75, 3.05) is 24.0 Å². The van der Waals surface area contributed by atoms with Crippen molar-refractivity contribution >= 4 is 17.3 Å². The van der Waals surface area contributed by atoms with Crippen molar-refractivity contribution in [2.24, 2.45) is 5.84 Å². The number of pyridine rings is 1. The van der Waals surface area contributed by atoms with Gasteiger partial charge >= 0.3 is 0 Å². The number of nitrogens with one attached hydrogen (secondary N) is 1. The highest BCUT2D eigenvalue weighted by Crippen LogP contribution is 2.30. The molecule has 0 aliphatic heterocycles. The van der Waals surface area contributed by atoms with E-state index in [1.165, 1.54) is 0 Å². The maximum absolute atomic E-state index is 5.95. The van der Waals surface area contributed by atoms with E-state index in [1.54, 1.807) is 13.2 Å². The zero-order valence-electron chi connectivity index (χ0n) is 14.4. The Balaban J connectivity index is 1.71. The molecule has 0 fully saturated rings. The van der Waals surface area contributed by atoms with Gasteiger partial charge < -0.3 is 26.4 Å². The van der Waals surface area contributed by atoms with Gasteiger partial charge in [-0.1, -0.05) is 36.4 Å². The topological polar surface area (TPSA) is 121 Å². The van der Waals surface area contributed by atoms with Crippen molar-refractivity contribution in [3.63, 3.8) is 0 Å². The molecule has 134 valence electrons. The van der Waals surface area contributed by atoms with E-state index in [4.69, 9.17) is 26.8 Å². The first kappa shape index (κ1) is 17.4. The molecule has 0 bridgehead atoms. The summed E-state index contributed by atoms with van der Waals surface area (Å²) >= 11 is 0. The highest BCUT2D eigenvalue weighted by Gasteiger charge is 2.09. The van der Waals surface area contributed by atoms with Crippen LogP contribution in [-0.4, -0.2) is 12.1 Å². The molecule has 0 unspecified atom stereocenters. The number of nitrogen functional groups attached to an aromatic ring is 3. The molecular weight excluding hydrogens is 330 g/mol. The van der Waals surface area contributed by atoms with Crippen molar-refractivity contribution in [1.82, 2.24) is 4.98 Å². The quantitative estimate of drug-likeness (QED) is 0.398. The Labute approximate surface area is 151 Å². The van der Waals surface area contributed by atoms with Crippen LogP contribution >= 0.6 is 0 Å². The summed E-state index contributed by atoms with van der Waals surface area (Å²) < 4.78 is 10.9. The van der Waals surface area contributed by atoms with Crippen molar-refractivity contribution in [3.05, 3.63) is 60.2 Å². The zero-order valence-corrected chi connectivity index (χ0v) is 14.4. The zero-order chi connectivity index (χ0) is 18.5. The maximum Gasteiger partial charge on any atom is 0.169 e. The molecule has 1 heterocycles. The van der Waals surface area contributed by atoms with Crippen LogP contribution in [0, 0.1) is 0 Å². The lowest BCUT2D eigenvalue weighted by Crippen LogP contribution is -2.13. The van der Waals surface area contributed by atoms with Gasteiger partial charge in [0.15, 0.2) is 5.82 Å². The van der Waals surface area contributed by atoms with Crippen molar-refractivity contribution in [1.29, 1.82) is 0 Å². The number of rotatable bonds is 6. The second-order valence-corrected chi connectivity index (χ2v) is 5.67. The van der Waals surface area contributed by atoms with Gasteiger partial charge in [0.05, 0.1) is 7.11 Å². The summed E-state index contributed by atoms with van der Waals surface area (Å²) in [5, 5.41) is 0. The molecule has 3 aromatic rings. The van der Waals surface area contributed by atoms with Crippen molar-refractivity contribution in [3.8, 4) is 22.6 Å². The normalized spacial score (nSPS) is 10.4. The Morgan fingerprint density at radius 3 is 2.15 bits per heavy atom. The van der Waals surface area contributed by atoms with Gasteiger partial charge in [0.1, 0.15) is 29.6 Å². The lowest BCUT2D eigenvalue weighted by molar-refractivity contribution is 0.308. The van der Waals surface area contributed by atoms with Gasteiger partial charge in [-0.25, -0.2) is 10.8 Å². The molecule has 0 atom stereocenters. The summed E-state index contributed by atoms with van der Waals surface area (Å²) in [5.74, 6) is 7.20. The van der Waals surface area contributed by atoms with Crippen LogP contribution in [0.5, 0.6) is 11.5 Å². The van der Waals surface area contributed by atoms with Crippen LogP contribution in [0.2, 0.25) is 0 Å². The van der Waals surface area contributed by atoms with Gasteiger partial charge in [0.2, 0.25) is 0 Å². The first-order valence-corrected chi connectivity index (χ1v) is 7.99. The largest absolute Gasteiger partial charge is 0.497 e. The third-order valence-electron chi connectivity index (χ3n) is 3.95. The number of hydrogen-bond acceptors (Lipinski definition) is 7. The minimum Gasteiger partial charge on any atom is -0.497 e. The SMILES string of the molecule is COc1ccc(-c2ccc(COc3cc(N)nc(NN)c3N)cc2)cc1. The molecule has 1 aromatic heterocycles. The second-order valence-electron chi connectivity index (χ2n) is 5.67. The van der Waals surface area contributed by atoms with E-state index in [0.717, 1.165) is 22.4 Å². The smallest absolute Gasteiger partial charge is 0.169 e. The number of hydrazine groups is 1. The van der Waals surface area contributed by atoms with Crippen LogP contribution in [0.1, 0.15) is 5.56 Å². The Kier molecular flexibility index (Phi) is 5.09. The molecule has 7 heteroatoms. The van der Waals surface area contributed by atoms with Crippen molar-refractivity contribution < 1.29 is 9.47 Å².